The first kappa shape index (κ1) is 17.9. The zero-order chi connectivity index (χ0) is 18.0. The lowest BCUT2D eigenvalue weighted by Gasteiger charge is -2.33. The summed E-state index contributed by atoms with van der Waals surface area (Å²) in [7, 11) is 1.73. The van der Waals surface area contributed by atoms with E-state index in [1.165, 1.54) is 12.8 Å². The normalized spacial score (nSPS) is 26.9. The summed E-state index contributed by atoms with van der Waals surface area (Å²) in [5.74, 6) is 1.68. The minimum atomic E-state index is -0.259. The summed E-state index contributed by atoms with van der Waals surface area (Å²) >= 11 is 0. The molecule has 1 aliphatic carbocycles. The number of carbonyl (C=O) groups is 2. The van der Waals surface area contributed by atoms with E-state index in [4.69, 9.17) is 4.52 Å². The van der Waals surface area contributed by atoms with Crippen LogP contribution >= 0.6 is 0 Å². The molecule has 1 aromatic heterocycles. The van der Waals surface area contributed by atoms with Crippen molar-refractivity contribution in [2.24, 2.45) is 11.8 Å². The highest BCUT2D eigenvalue weighted by Gasteiger charge is 2.39. The smallest absolute Gasteiger partial charge is 0.246 e. The highest BCUT2D eigenvalue weighted by atomic mass is 16.5. The number of amides is 2. The first-order valence-electron chi connectivity index (χ1n) is 9.33. The molecule has 0 radical (unpaired) electrons. The van der Waals surface area contributed by atoms with Crippen LogP contribution in [0.4, 0.5) is 0 Å². The molecule has 1 saturated heterocycles. The van der Waals surface area contributed by atoms with Crippen LogP contribution < -0.4 is 0 Å². The van der Waals surface area contributed by atoms with Crippen LogP contribution in [-0.2, 0) is 22.6 Å². The first-order chi connectivity index (χ1) is 12.0. The summed E-state index contributed by atoms with van der Waals surface area (Å²) in [6.07, 6.45) is 5.48. The molecule has 2 amide bonds. The van der Waals surface area contributed by atoms with Gasteiger partial charge in [-0.25, -0.2) is 0 Å². The second-order valence-electron chi connectivity index (χ2n) is 7.51. The molecule has 0 unspecified atom stereocenters. The second kappa shape index (κ2) is 7.54. The van der Waals surface area contributed by atoms with Crippen LogP contribution in [-0.4, -0.2) is 51.4 Å². The van der Waals surface area contributed by atoms with Crippen LogP contribution in [0, 0.1) is 11.8 Å². The van der Waals surface area contributed by atoms with Gasteiger partial charge in [0, 0.05) is 32.5 Å². The van der Waals surface area contributed by atoms with Gasteiger partial charge in [0.05, 0.1) is 12.5 Å². The van der Waals surface area contributed by atoms with Crippen LogP contribution in [0.3, 0.4) is 0 Å². The number of carbonyl (C=O) groups excluding carboxylic acids is 2. The Kier molecular flexibility index (Phi) is 5.39. The Morgan fingerprint density at radius 1 is 1.32 bits per heavy atom. The van der Waals surface area contributed by atoms with Crippen molar-refractivity contribution < 1.29 is 14.1 Å². The molecule has 2 heterocycles. The third-order valence-corrected chi connectivity index (χ3v) is 5.51. The maximum atomic E-state index is 12.7. The number of hydrogen-bond donors (Lipinski definition) is 0. The highest BCUT2D eigenvalue weighted by Crippen LogP contribution is 2.31. The molecule has 0 bridgehead atoms. The van der Waals surface area contributed by atoms with Crippen molar-refractivity contribution in [3.8, 4) is 0 Å². The van der Waals surface area contributed by atoms with Gasteiger partial charge in [0.1, 0.15) is 0 Å². The predicted molar refractivity (Wildman–Crippen MR) is 91.4 cm³/mol. The van der Waals surface area contributed by atoms with Crippen LogP contribution in [0.5, 0.6) is 0 Å². The van der Waals surface area contributed by atoms with Gasteiger partial charge in [-0.05, 0) is 31.6 Å². The molecule has 1 atom stereocenters. The molecule has 1 aromatic rings. The summed E-state index contributed by atoms with van der Waals surface area (Å²) < 4.78 is 5.15. The van der Waals surface area contributed by atoms with E-state index < -0.39 is 0 Å². The van der Waals surface area contributed by atoms with Crippen LogP contribution in [0.15, 0.2) is 4.52 Å². The summed E-state index contributed by atoms with van der Waals surface area (Å²) in [5.41, 5.74) is 0. The molecular formula is C18H28N4O3. The number of aryl methyl sites for hydroxylation is 1. The van der Waals surface area contributed by atoms with Gasteiger partial charge in [0.15, 0.2) is 5.82 Å². The number of rotatable bonds is 5. The SMILES string of the molecule is CCc1noc(CN(C)C(=O)[C@@H]2CC(=O)N(C3CCC(C)CC3)C2)n1. The fraction of sp³-hybridized carbons (Fsp3) is 0.778. The quantitative estimate of drug-likeness (QED) is 0.813. The molecule has 2 fully saturated rings. The van der Waals surface area contributed by atoms with Crippen molar-refractivity contribution in [2.45, 2.75) is 65.0 Å². The lowest BCUT2D eigenvalue weighted by Crippen LogP contribution is -2.40. The molecule has 1 aliphatic heterocycles. The van der Waals surface area contributed by atoms with Crippen molar-refractivity contribution in [1.82, 2.24) is 19.9 Å². The van der Waals surface area contributed by atoms with E-state index in [0.717, 1.165) is 18.8 Å². The van der Waals surface area contributed by atoms with Gasteiger partial charge in [-0.3, -0.25) is 9.59 Å². The van der Waals surface area contributed by atoms with Gasteiger partial charge >= 0.3 is 0 Å². The van der Waals surface area contributed by atoms with Crippen molar-refractivity contribution in [2.75, 3.05) is 13.6 Å². The first-order valence-corrected chi connectivity index (χ1v) is 9.33. The van der Waals surface area contributed by atoms with Crippen LogP contribution in [0.1, 0.15) is 57.7 Å². The molecule has 0 aromatic carbocycles. The van der Waals surface area contributed by atoms with Gasteiger partial charge in [-0.15, -0.1) is 0 Å². The predicted octanol–water partition coefficient (Wildman–Crippen LogP) is 2.02. The van der Waals surface area contributed by atoms with Crippen LogP contribution in [0.2, 0.25) is 0 Å². The number of likely N-dealkylation sites (tertiary alicyclic amines) is 1. The summed E-state index contributed by atoms with van der Waals surface area (Å²) in [6, 6.07) is 0.315. The Bertz CT molecular complexity index is 622. The molecule has 7 nitrogen and oxygen atoms in total. The van der Waals surface area contributed by atoms with Crippen LogP contribution in [0.25, 0.3) is 0 Å². The molecule has 7 heteroatoms. The van der Waals surface area contributed by atoms with Gasteiger partial charge in [0.25, 0.3) is 0 Å². The maximum Gasteiger partial charge on any atom is 0.246 e. The van der Waals surface area contributed by atoms with Gasteiger partial charge in [0.2, 0.25) is 17.7 Å². The third-order valence-electron chi connectivity index (χ3n) is 5.51. The summed E-state index contributed by atoms with van der Waals surface area (Å²) in [6.45, 7) is 5.06. The molecule has 25 heavy (non-hydrogen) atoms. The number of hydrogen-bond acceptors (Lipinski definition) is 5. The second-order valence-corrected chi connectivity index (χ2v) is 7.51. The average molecular weight is 348 g/mol. The molecule has 0 spiro atoms. The van der Waals surface area contributed by atoms with E-state index in [2.05, 4.69) is 17.1 Å². The monoisotopic (exact) mass is 348 g/mol. The molecular weight excluding hydrogens is 320 g/mol. The summed E-state index contributed by atoms with van der Waals surface area (Å²) in [5, 5.41) is 3.85. The fourth-order valence-electron chi connectivity index (χ4n) is 3.89. The Morgan fingerprint density at radius 2 is 2.04 bits per heavy atom. The largest absolute Gasteiger partial charge is 0.339 e. The Labute approximate surface area is 148 Å². The third kappa shape index (κ3) is 4.02. The Balaban J connectivity index is 1.56. The minimum Gasteiger partial charge on any atom is -0.339 e. The maximum absolute atomic E-state index is 12.7. The molecule has 1 saturated carbocycles. The zero-order valence-electron chi connectivity index (χ0n) is 15.4. The minimum absolute atomic E-state index is 0.0173. The van der Waals surface area contributed by atoms with Gasteiger partial charge < -0.3 is 14.3 Å². The molecule has 138 valence electrons. The van der Waals surface area contributed by atoms with Crippen molar-refractivity contribution in [3.05, 3.63) is 11.7 Å². The van der Waals surface area contributed by atoms with Crippen molar-refractivity contribution >= 4 is 11.8 Å². The standard InChI is InChI=1S/C18H28N4O3/c1-4-15-19-16(25-20-15)11-21(3)18(24)13-9-17(23)22(10-13)14-7-5-12(2)6-8-14/h12-14H,4-11H2,1-3H3/t12?,13-,14?/m1/s1. The van der Waals surface area contributed by atoms with E-state index >= 15 is 0 Å². The number of nitrogens with zero attached hydrogens (tertiary/aromatic N) is 4. The highest BCUT2D eigenvalue weighted by molar-refractivity contribution is 5.89. The topological polar surface area (TPSA) is 79.5 Å². The van der Waals surface area contributed by atoms with E-state index in [0.29, 0.717) is 37.1 Å². The van der Waals surface area contributed by atoms with Crippen molar-refractivity contribution in [3.63, 3.8) is 0 Å². The molecule has 3 rings (SSSR count). The van der Waals surface area contributed by atoms with E-state index in [9.17, 15) is 9.59 Å². The number of aromatic nitrogens is 2. The Hall–Kier alpha value is -1.92. The van der Waals surface area contributed by atoms with Gasteiger partial charge in [-0.1, -0.05) is 19.0 Å². The van der Waals surface area contributed by atoms with E-state index in [1.807, 2.05) is 11.8 Å². The van der Waals surface area contributed by atoms with Gasteiger partial charge in [-0.2, -0.15) is 4.98 Å². The Morgan fingerprint density at radius 3 is 2.68 bits per heavy atom. The molecule has 2 aliphatic rings. The summed E-state index contributed by atoms with van der Waals surface area (Å²) in [4.78, 5) is 32.9. The molecule has 0 N–H and O–H groups in total. The average Bonchev–Trinajstić information content (AvgIpc) is 3.21. The van der Waals surface area contributed by atoms with Crippen molar-refractivity contribution in [1.29, 1.82) is 0 Å². The lowest BCUT2D eigenvalue weighted by atomic mass is 9.87. The lowest BCUT2D eigenvalue weighted by molar-refractivity contribution is -0.135. The van der Waals surface area contributed by atoms with E-state index in [1.54, 1.807) is 11.9 Å². The zero-order valence-corrected chi connectivity index (χ0v) is 15.4. The van der Waals surface area contributed by atoms with E-state index in [-0.39, 0.29) is 24.3 Å². The fourth-order valence-corrected chi connectivity index (χ4v) is 3.89.